The number of carbonyl (C=O) groups excluding carboxylic acids is 3. The first-order valence-electron chi connectivity index (χ1n) is 15.8. The number of likely N-dealkylation sites (N-methyl/N-ethyl adjacent to an activating group) is 1. The summed E-state index contributed by atoms with van der Waals surface area (Å²) in [4.78, 5) is 48.8. The number of nitrogens with zero attached hydrogens (tertiary/aromatic N) is 4. The predicted octanol–water partition coefficient (Wildman–Crippen LogP) is 1.23. The number of anilines is 1. The van der Waals surface area contributed by atoms with Crippen molar-refractivity contribution in [1.82, 2.24) is 15.4 Å². The minimum Gasteiger partial charge on any atom is -0.485 e. The number of nitrogen functional groups attached to an aromatic ring is 1. The standard InChI is InChI=1S/C26H28N6O4S.C6H12N2O4S.CH4O/c1-26(15-34,36-32-20(13-33)21-14-37-25(29)31-21)23-9-7-18-10-19(6-8-22(18)35-23)24(28)30-12-17-4-2-16(11-27)3-5-17;1-6(2)4(7-3)5(9)8(6)12-13(10)11;1-2/h2-6,8,10,13-15,23H,7,9,11-12,27H2,1H3,(H2,28,30)(H2,29,31);4,7H,1-3H3,(H,10,11);2H,1H3/b32-20+;;. The fourth-order valence-electron chi connectivity index (χ4n) is 5.27. The summed E-state index contributed by atoms with van der Waals surface area (Å²) in [6.07, 6.45) is 1.62. The van der Waals surface area contributed by atoms with E-state index in [1.54, 1.807) is 39.3 Å². The van der Waals surface area contributed by atoms with Crippen LogP contribution in [0.25, 0.3) is 0 Å². The molecule has 1 amide bonds. The molecule has 0 aliphatic carbocycles. The van der Waals surface area contributed by atoms with E-state index in [-0.39, 0.29) is 23.4 Å². The zero-order valence-electron chi connectivity index (χ0n) is 29.3. The lowest BCUT2D eigenvalue weighted by molar-refractivity contribution is -0.215. The van der Waals surface area contributed by atoms with Gasteiger partial charge in [-0.1, -0.05) is 29.4 Å². The molecular formula is C33H44N8O9S2. The summed E-state index contributed by atoms with van der Waals surface area (Å²) in [6, 6.07) is 13.1. The number of hydroxylamine groups is 2. The molecule has 2 aromatic carbocycles. The molecule has 19 heteroatoms. The fraction of sp³-hybridized carbons (Fsp3) is 0.394. The second kappa shape index (κ2) is 18.7. The molecule has 4 unspecified atom stereocenters. The van der Waals surface area contributed by atoms with E-state index < -0.39 is 28.6 Å². The number of amidine groups is 1. The Hall–Kier alpha value is -4.63. The summed E-state index contributed by atoms with van der Waals surface area (Å²) in [5, 5.41) is 16.5. The highest BCUT2D eigenvalue weighted by Crippen LogP contribution is 2.34. The zero-order chi connectivity index (χ0) is 38.6. The average Bonchev–Trinajstić information content (AvgIpc) is 3.59. The lowest BCUT2D eigenvalue weighted by Crippen LogP contribution is -2.75. The molecule has 0 radical (unpaired) electrons. The van der Waals surface area contributed by atoms with E-state index in [1.807, 2.05) is 36.4 Å². The first kappa shape index (κ1) is 41.8. The van der Waals surface area contributed by atoms with Crippen molar-refractivity contribution in [3.8, 4) is 5.75 Å². The first-order valence-corrected chi connectivity index (χ1v) is 17.7. The molecule has 2 aliphatic heterocycles. The molecule has 1 fully saturated rings. The predicted molar refractivity (Wildman–Crippen MR) is 196 cm³/mol. The number of hydrogen-bond acceptors (Lipinski definition) is 15. The van der Waals surface area contributed by atoms with Crippen molar-refractivity contribution in [2.45, 2.75) is 70.0 Å². The highest BCUT2D eigenvalue weighted by molar-refractivity contribution is 7.74. The molecule has 0 bridgehead atoms. The number of β-lactam (4-membered cyclic amide) rings is 1. The molecule has 0 spiro atoms. The summed E-state index contributed by atoms with van der Waals surface area (Å²) in [7, 11) is 2.65. The number of rotatable bonds is 13. The summed E-state index contributed by atoms with van der Waals surface area (Å²) in [5.74, 6) is 0.705. The van der Waals surface area contributed by atoms with Crippen LogP contribution in [-0.2, 0) is 54.4 Å². The molecule has 1 saturated heterocycles. The van der Waals surface area contributed by atoms with Gasteiger partial charge in [0.05, 0.1) is 12.1 Å². The van der Waals surface area contributed by atoms with Gasteiger partial charge in [-0.2, -0.15) is 9.27 Å². The maximum Gasteiger partial charge on any atom is 0.325 e. The van der Waals surface area contributed by atoms with Crippen LogP contribution >= 0.6 is 11.3 Å². The van der Waals surface area contributed by atoms with E-state index >= 15 is 0 Å². The molecule has 4 atom stereocenters. The summed E-state index contributed by atoms with van der Waals surface area (Å²) < 4.78 is 29.3. The first-order chi connectivity index (χ1) is 24.8. The van der Waals surface area contributed by atoms with Crippen molar-refractivity contribution in [3.05, 3.63) is 75.8 Å². The number of fused-ring (bicyclic) bond motifs is 1. The Morgan fingerprint density at radius 3 is 2.44 bits per heavy atom. The maximum atomic E-state index is 12.0. The Bertz CT molecular complexity index is 1780. The second-order valence-corrected chi connectivity index (χ2v) is 13.5. The lowest BCUT2D eigenvalue weighted by atomic mass is 9.85. The van der Waals surface area contributed by atoms with Crippen LogP contribution in [0.5, 0.6) is 5.75 Å². The number of aliphatic hydroxyl groups is 1. The van der Waals surface area contributed by atoms with Crippen molar-refractivity contribution in [2.24, 2.45) is 21.6 Å². The van der Waals surface area contributed by atoms with Gasteiger partial charge in [-0.15, -0.1) is 15.6 Å². The minimum atomic E-state index is -2.45. The van der Waals surface area contributed by atoms with Crippen molar-refractivity contribution in [2.75, 3.05) is 19.9 Å². The summed E-state index contributed by atoms with van der Waals surface area (Å²) in [6.45, 7) is 6.00. The van der Waals surface area contributed by atoms with Crippen LogP contribution in [0.15, 0.2) is 58.0 Å². The monoisotopic (exact) mass is 760 g/mol. The number of aryl methyl sites for hydroxylation is 1. The number of ether oxygens (including phenoxy) is 1. The normalized spacial score (nSPS) is 19.5. The molecular weight excluding hydrogens is 717 g/mol. The fourth-order valence-corrected chi connectivity index (χ4v) is 6.22. The Labute approximate surface area is 307 Å². The van der Waals surface area contributed by atoms with E-state index in [0.717, 1.165) is 34.4 Å². The van der Waals surface area contributed by atoms with E-state index in [0.29, 0.717) is 55.2 Å². The Morgan fingerprint density at radius 1 is 1.23 bits per heavy atom. The number of nitrogens with one attached hydrogen (secondary N) is 1. The molecule has 9 N–H and O–H groups in total. The van der Waals surface area contributed by atoms with Crippen molar-refractivity contribution in [1.29, 1.82) is 0 Å². The van der Waals surface area contributed by atoms with Gasteiger partial charge in [0.1, 0.15) is 29.4 Å². The van der Waals surface area contributed by atoms with E-state index in [1.165, 1.54) is 11.3 Å². The van der Waals surface area contributed by atoms with E-state index in [2.05, 4.69) is 24.7 Å². The molecule has 5 rings (SSSR count). The highest BCUT2D eigenvalue weighted by atomic mass is 32.2. The molecule has 3 aromatic rings. The van der Waals surface area contributed by atoms with Gasteiger partial charge < -0.3 is 37.2 Å². The van der Waals surface area contributed by atoms with Crippen LogP contribution < -0.4 is 27.3 Å². The number of benzene rings is 2. The van der Waals surface area contributed by atoms with Crippen molar-refractivity contribution >= 4 is 57.9 Å². The SMILES string of the molecule is CC(C=O)(O/N=C(\C=O)c1csc(N)n1)C1CCc2cc(C(N)=NCc3ccc(CN)cc3)ccc2O1.CNC1C(=O)N(OS(=O)O)C1(C)C.CO. The third kappa shape index (κ3) is 10.0. The molecule has 1 aromatic heterocycles. The van der Waals surface area contributed by atoms with Gasteiger partial charge in [-0.05, 0) is 75.5 Å². The number of aliphatic hydroxyl groups excluding tert-OH is 1. The van der Waals surface area contributed by atoms with Crippen LogP contribution in [0, 0.1) is 0 Å². The Morgan fingerprint density at radius 2 is 1.90 bits per heavy atom. The molecule has 282 valence electrons. The molecule has 0 saturated carbocycles. The molecule has 17 nitrogen and oxygen atoms in total. The second-order valence-electron chi connectivity index (χ2n) is 12.0. The maximum absolute atomic E-state index is 12.0. The van der Waals surface area contributed by atoms with Crippen LogP contribution in [0.2, 0.25) is 0 Å². The van der Waals surface area contributed by atoms with Crippen LogP contribution in [0.1, 0.15) is 55.1 Å². The number of oxime groups is 1. The van der Waals surface area contributed by atoms with Crippen LogP contribution in [-0.4, -0.2) is 91.4 Å². The third-order valence-electron chi connectivity index (χ3n) is 8.21. The van der Waals surface area contributed by atoms with Crippen LogP contribution in [0.4, 0.5) is 5.13 Å². The minimum absolute atomic E-state index is 0.0630. The quantitative estimate of drug-likeness (QED) is 0.0358. The van der Waals surface area contributed by atoms with Gasteiger partial charge >= 0.3 is 11.4 Å². The van der Waals surface area contributed by atoms with Gasteiger partial charge in [0.2, 0.25) is 5.60 Å². The van der Waals surface area contributed by atoms with Crippen molar-refractivity contribution < 1.29 is 42.1 Å². The number of amides is 1. The summed E-state index contributed by atoms with van der Waals surface area (Å²) >= 11 is -1.28. The average molecular weight is 761 g/mol. The third-order valence-corrected chi connectivity index (χ3v) is 9.16. The number of nitrogens with two attached hydrogens (primary N) is 3. The van der Waals surface area contributed by atoms with Gasteiger partial charge in [0.15, 0.2) is 23.4 Å². The van der Waals surface area contributed by atoms with E-state index in [9.17, 15) is 18.6 Å². The van der Waals surface area contributed by atoms with E-state index in [4.69, 9.17) is 36.4 Å². The van der Waals surface area contributed by atoms with Crippen molar-refractivity contribution in [3.63, 3.8) is 0 Å². The molecule has 52 heavy (non-hydrogen) atoms. The number of aromatic nitrogens is 1. The van der Waals surface area contributed by atoms with Gasteiger partial charge in [0, 0.05) is 24.6 Å². The Balaban J connectivity index is 0.000000408. The number of carbonyl (C=O) groups is 3. The van der Waals surface area contributed by atoms with Gasteiger partial charge in [-0.3, -0.25) is 23.9 Å². The molecule has 3 heterocycles. The highest BCUT2D eigenvalue weighted by Gasteiger charge is 2.55. The number of aldehydes is 2. The smallest absolute Gasteiger partial charge is 0.325 e. The number of hydrogen-bond donors (Lipinski definition) is 6. The molecule has 2 aliphatic rings. The van der Waals surface area contributed by atoms with Gasteiger partial charge in [-0.25, -0.2) is 4.98 Å². The largest absolute Gasteiger partial charge is 0.485 e. The van der Waals surface area contributed by atoms with Crippen LogP contribution in [0.3, 0.4) is 0 Å². The van der Waals surface area contributed by atoms with Gasteiger partial charge in [0.25, 0.3) is 5.91 Å². The summed E-state index contributed by atoms with van der Waals surface area (Å²) in [5.41, 5.74) is 19.5. The lowest BCUT2D eigenvalue weighted by Gasteiger charge is -2.50. The number of thiazole rings is 1. The topological polar surface area (TPSA) is 267 Å². The zero-order valence-corrected chi connectivity index (χ0v) is 31.0. The number of aliphatic imine (C=N–C) groups is 1. The Kier molecular flexibility index (Phi) is 15.1.